The fourth-order valence-corrected chi connectivity index (χ4v) is 3.00. The lowest BCUT2D eigenvalue weighted by Gasteiger charge is -2.20. The second kappa shape index (κ2) is 6.43. The predicted molar refractivity (Wildman–Crippen MR) is 88.9 cm³/mol. The molecule has 0 spiro atoms. The summed E-state index contributed by atoms with van der Waals surface area (Å²) >= 11 is 6.09. The van der Waals surface area contributed by atoms with Crippen LogP contribution in [0.15, 0.2) is 24.5 Å². The molecule has 0 saturated carbocycles. The lowest BCUT2D eigenvalue weighted by molar-refractivity contribution is 0.225. The molecular formula is C17H17ClN4O. The Morgan fingerprint density at radius 3 is 3.00 bits per heavy atom. The van der Waals surface area contributed by atoms with E-state index in [0.29, 0.717) is 22.9 Å². The lowest BCUT2D eigenvalue weighted by atomic mass is 10.1. The molecule has 118 valence electrons. The van der Waals surface area contributed by atoms with Crippen LogP contribution in [0.3, 0.4) is 0 Å². The molecule has 0 radical (unpaired) electrons. The third-order valence-electron chi connectivity index (χ3n) is 3.91. The molecule has 1 atom stereocenters. The van der Waals surface area contributed by atoms with E-state index in [2.05, 4.69) is 20.9 Å². The summed E-state index contributed by atoms with van der Waals surface area (Å²) < 4.78 is 5.97. The molecule has 2 aromatic rings. The van der Waals surface area contributed by atoms with Crippen molar-refractivity contribution in [2.75, 3.05) is 18.0 Å². The molecule has 1 saturated heterocycles. The first kappa shape index (κ1) is 15.6. The van der Waals surface area contributed by atoms with Crippen LogP contribution in [0.4, 0.5) is 5.82 Å². The number of aryl methyl sites for hydroxylation is 2. The molecule has 0 N–H and O–H groups in total. The molecule has 0 amide bonds. The van der Waals surface area contributed by atoms with Gasteiger partial charge in [0.25, 0.3) is 0 Å². The third-order valence-corrected chi connectivity index (χ3v) is 4.19. The topological polar surface area (TPSA) is 62.0 Å². The molecule has 1 aliphatic rings. The molecule has 1 unspecified atom stereocenters. The molecule has 0 bridgehead atoms. The van der Waals surface area contributed by atoms with Crippen molar-refractivity contribution in [3.05, 3.63) is 46.4 Å². The highest BCUT2D eigenvalue weighted by Crippen LogP contribution is 2.29. The van der Waals surface area contributed by atoms with Crippen molar-refractivity contribution >= 4 is 17.4 Å². The van der Waals surface area contributed by atoms with Crippen LogP contribution < -0.4 is 9.64 Å². The van der Waals surface area contributed by atoms with E-state index in [1.54, 1.807) is 18.5 Å². The number of nitriles is 1. The molecule has 0 aliphatic carbocycles. The maximum Gasteiger partial charge on any atom is 0.147 e. The molecule has 23 heavy (non-hydrogen) atoms. The molecule has 6 heteroatoms. The molecule has 1 aliphatic heterocycles. The number of pyridine rings is 2. The van der Waals surface area contributed by atoms with Gasteiger partial charge >= 0.3 is 0 Å². The van der Waals surface area contributed by atoms with Crippen LogP contribution in [-0.2, 0) is 0 Å². The number of hydrogen-bond donors (Lipinski definition) is 0. The maximum absolute atomic E-state index is 9.42. The highest BCUT2D eigenvalue weighted by molar-refractivity contribution is 6.31. The Morgan fingerprint density at radius 2 is 2.26 bits per heavy atom. The Bertz CT molecular complexity index is 772. The molecule has 5 nitrogen and oxygen atoms in total. The minimum Gasteiger partial charge on any atom is -0.487 e. The second-order valence-corrected chi connectivity index (χ2v) is 6.08. The van der Waals surface area contributed by atoms with E-state index < -0.39 is 0 Å². The van der Waals surface area contributed by atoms with Crippen LogP contribution in [0.25, 0.3) is 0 Å². The highest BCUT2D eigenvalue weighted by Gasteiger charge is 2.27. The van der Waals surface area contributed by atoms with Crippen LogP contribution >= 0.6 is 11.6 Å². The van der Waals surface area contributed by atoms with Gasteiger partial charge in [0.05, 0.1) is 12.1 Å². The Kier molecular flexibility index (Phi) is 4.35. The van der Waals surface area contributed by atoms with E-state index in [4.69, 9.17) is 16.3 Å². The van der Waals surface area contributed by atoms with Crippen molar-refractivity contribution in [3.63, 3.8) is 0 Å². The summed E-state index contributed by atoms with van der Waals surface area (Å²) in [6, 6.07) is 5.97. The number of halogens is 1. The van der Waals surface area contributed by atoms with E-state index in [9.17, 15) is 5.26 Å². The fourth-order valence-electron chi connectivity index (χ4n) is 2.84. The maximum atomic E-state index is 9.42. The summed E-state index contributed by atoms with van der Waals surface area (Å²) in [6.07, 6.45) is 4.11. The summed E-state index contributed by atoms with van der Waals surface area (Å²) in [5.74, 6) is 1.39. The van der Waals surface area contributed by atoms with Gasteiger partial charge in [-0.05, 0) is 25.5 Å². The quantitative estimate of drug-likeness (QED) is 0.865. The molecule has 3 rings (SSSR count). The summed E-state index contributed by atoms with van der Waals surface area (Å²) in [6.45, 7) is 5.37. The molecule has 3 heterocycles. The number of aromatic nitrogens is 2. The Balaban J connectivity index is 1.78. The summed E-state index contributed by atoms with van der Waals surface area (Å²) in [7, 11) is 0. The number of anilines is 1. The Hall–Kier alpha value is -2.32. The number of ether oxygens (including phenoxy) is 1. The van der Waals surface area contributed by atoms with E-state index in [1.807, 2.05) is 19.9 Å². The van der Waals surface area contributed by atoms with Crippen LogP contribution in [0, 0.1) is 25.2 Å². The van der Waals surface area contributed by atoms with Crippen molar-refractivity contribution in [2.45, 2.75) is 26.4 Å². The van der Waals surface area contributed by atoms with Gasteiger partial charge < -0.3 is 9.64 Å². The predicted octanol–water partition coefficient (Wildman–Crippen LogP) is 3.28. The third kappa shape index (κ3) is 3.22. The van der Waals surface area contributed by atoms with Crippen LogP contribution in [0.1, 0.15) is 23.2 Å². The van der Waals surface area contributed by atoms with Crippen LogP contribution in [0.2, 0.25) is 5.02 Å². The van der Waals surface area contributed by atoms with Crippen LogP contribution in [0.5, 0.6) is 5.75 Å². The molecule has 1 fully saturated rings. The van der Waals surface area contributed by atoms with Crippen molar-refractivity contribution in [1.82, 2.24) is 9.97 Å². The van der Waals surface area contributed by atoms with Gasteiger partial charge in [-0.3, -0.25) is 4.98 Å². The lowest BCUT2D eigenvalue weighted by Crippen LogP contribution is -2.26. The van der Waals surface area contributed by atoms with E-state index >= 15 is 0 Å². The van der Waals surface area contributed by atoms with Gasteiger partial charge in [-0.15, -0.1) is 0 Å². The zero-order valence-electron chi connectivity index (χ0n) is 13.1. The smallest absolute Gasteiger partial charge is 0.147 e. The number of hydrogen-bond acceptors (Lipinski definition) is 5. The first-order valence-corrected chi connectivity index (χ1v) is 7.85. The normalized spacial score (nSPS) is 17.1. The summed E-state index contributed by atoms with van der Waals surface area (Å²) in [4.78, 5) is 10.6. The summed E-state index contributed by atoms with van der Waals surface area (Å²) in [5, 5.41) is 9.92. The molecule has 0 aromatic carbocycles. The molecule has 2 aromatic heterocycles. The SMILES string of the molecule is Cc1cc(C)c(C#N)c(N2CCC(Oc3ccncc3Cl)C2)n1. The number of nitrogens with zero attached hydrogens (tertiary/aromatic N) is 4. The van der Waals surface area contributed by atoms with Crippen molar-refractivity contribution in [3.8, 4) is 11.8 Å². The van der Waals surface area contributed by atoms with Gasteiger partial charge in [0.1, 0.15) is 28.8 Å². The second-order valence-electron chi connectivity index (χ2n) is 5.67. The number of rotatable bonds is 3. The first-order chi connectivity index (χ1) is 11.1. The van der Waals surface area contributed by atoms with Crippen molar-refractivity contribution in [1.29, 1.82) is 5.26 Å². The van der Waals surface area contributed by atoms with Gasteiger partial charge in [-0.2, -0.15) is 5.26 Å². The van der Waals surface area contributed by atoms with E-state index in [-0.39, 0.29) is 6.10 Å². The fraction of sp³-hybridized carbons (Fsp3) is 0.353. The van der Waals surface area contributed by atoms with E-state index in [1.165, 1.54) is 0 Å². The zero-order valence-corrected chi connectivity index (χ0v) is 13.8. The van der Waals surface area contributed by atoms with Crippen LogP contribution in [-0.4, -0.2) is 29.2 Å². The van der Waals surface area contributed by atoms with Gasteiger partial charge in [-0.1, -0.05) is 11.6 Å². The average molecular weight is 329 g/mol. The van der Waals surface area contributed by atoms with Gasteiger partial charge in [0.2, 0.25) is 0 Å². The van der Waals surface area contributed by atoms with E-state index in [0.717, 1.165) is 30.0 Å². The first-order valence-electron chi connectivity index (χ1n) is 7.48. The van der Waals surface area contributed by atoms with Crippen molar-refractivity contribution in [2.24, 2.45) is 0 Å². The highest BCUT2D eigenvalue weighted by atomic mass is 35.5. The minimum absolute atomic E-state index is 0.0176. The largest absolute Gasteiger partial charge is 0.487 e. The Morgan fingerprint density at radius 1 is 1.43 bits per heavy atom. The zero-order chi connectivity index (χ0) is 16.4. The van der Waals surface area contributed by atoms with Gasteiger partial charge in [-0.25, -0.2) is 4.98 Å². The average Bonchev–Trinajstić information content (AvgIpc) is 2.97. The minimum atomic E-state index is 0.0176. The monoisotopic (exact) mass is 328 g/mol. The summed E-state index contributed by atoms with van der Waals surface area (Å²) in [5.41, 5.74) is 2.51. The van der Waals surface area contributed by atoms with Gasteiger partial charge in [0.15, 0.2) is 0 Å². The molecular weight excluding hydrogens is 312 g/mol. The standard InChI is InChI=1S/C17H17ClN4O/c1-11-7-12(2)21-17(14(11)8-19)22-6-4-13(10-22)23-16-3-5-20-9-15(16)18/h3,5,7,9,13H,4,6,10H2,1-2H3. The van der Waals surface area contributed by atoms with Gasteiger partial charge in [0, 0.05) is 37.1 Å². The van der Waals surface area contributed by atoms with Crippen molar-refractivity contribution < 1.29 is 4.74 Å². The Labute approximate surface area is 140 Å².